The van der Waals surface area contributed by atoms with Gasteiger partial charge in [-0.15, -0.1) is 0 Å². The van der Waals surface area contributed by atoms with E-state index in [4.69, 9.17) is 28.4 Å². The second-order valence-corrected chi connectivity index (χ2v) is 9.15. The number of likely N-dealkylation sites (N-methyl/N-ethyl adjacent to an activating group) is 1. The van der Waals surface area contributed by atoms with E-state index in [0.717, 1.165) is 32.7 Å². The summed E-state index contributed by atoms with van der Waals surface area (Å²) in [5.74, 6) is 3.67. The molecular weight excluding hydrogens is 510 g/mol. The van der Waals surface area contributed by atoms with E-state index < -0.39 is 0 Å². The first-order chi connectivity index (χ1) is 19.4. The highest BCUT2D eigenvalue weighted by molar-refractivity contribution is 6.13. The van der Waals surface area contributed by atoms with Crippen molar-refractivity contribution in [3.8, 4) is 34.5 Å². The number of carbonyl (C=O) groups is 1. The Kier molecular flexibility index (Phi) is 8.89. The third-order valence-corrected chi connectivity index (χ3v) is 6.97. The van der Waals surface area contributed by atoms with Crippen LogP contribution in [0.1, 0.15) is 11.1 Å². The number of carbonyl (C=O) groups excluding carboxylic acids is 1. The van der Waals surface area contributed by atoms with E-state index in [2.05, 4.69) is 12.1 Å². The zero-order chi connectivity index (χ0) is 28.8. The van der Waals surface area contributed by atoms with Gasteiger partial charge in [0.05, 0.1) is 42.7 Å². The Labute approximate surface area is 234 Å². The molecule has 210 valence electrons. The summed E-state index contributed by atoms with van der Waals surface area (Å²) in [4.78, 5) is 14.6. The maximum Gasteiger partial charge on any atom is 0.246 e. The number of amides is 1. The molecule has 0 aromatic heterocycles. The molecule has 0 bridgehead atoms. The number of ether oxygens (including phenoxy) is 6. The van der Waals surface area contributed by atoms with Crippen LogP contribution in [-0.4, -0.2) is 67.1 Å². The van der Waals surface area contributed by atoms with Crippen LogP contribution in [0, 0.1) is 0 Å². The molecule has 0 fully saturated rings. The molecule has 0 aliphatic rings. The summed E-state index contributed by atoms with van der Waals surface area (Å²) >= 11 is 0. The van der Waals surface area contributed by atoms with E-state index in [1.165, 1.54) is 0 Å². The molecule has 4 rings (SSSR count). The SMILES string of the molecule is COc1ccc(C=CC(=O)N(C)CCc2cc(OC)c(OC)c3c2ccc2cc(OC)c(OC)cc23)cc1OC. The van der Waals surface area contributed by atoms with Gasteiger partial charge in [0.25, 0.3) is 0 Å². The molecule has 1 amide bonds. The van der Waals surface area contributed by atoms with Gasteiger partial charge in [0, 0.05) is 25.1 Å². The molecule has 0 atom stereocenters. The first-order valence-corrected chi connectivity index (χ1v) is 12.8. The van der Waals surface area contributed by atoms with Crippen LogP contribution < -0.4 is 28.4 Å². The summed E-state index contributed by atoms with van der Waals surface area (Å²) in [6, 6.07) is 15.5. The van der Waals surface area contributed by atoms with Crippen molar-refractivity contribution < 1.29 is 33.2 Å². The zero-order valence-electron chi connectivity index (χ0n) is 24.0. The third kappa shape index (κ3) is 5.57. The van der Waals surface area contributed by atoms with E-state index in [-0.39, 0.29) is 5.91 Å². The molecule has 40 heavy (non-hydrogen) atoms. The molecule has 0 spiro atoms. The number of hydrogen-bond donors (Lipinski definition) is 0. The first kappa shape index (κ1) is 28.4. The molecule has 0 aliphatic carbocycles. The predicted octanol–water partition coefficient (Wildman–Crippen LogP) is 5.76. The Bertz CT molecular complexity index is 1560. The quantitative estimate of drug-likeness (QED) is 0.175. The van der Waals surface area contributed by atoms with Crippen molar-refractivity contribution in [2.75, 3.05) is 56.3 Å². The van der Waals surface area contributed by atoms with Gasteiger partial charge >= 0.3 is 0 Å². The third-order valence-electron chi connectivity index (χ3n) is 6.97. The van der Waals surface area contributed by atoms with Crippen molar-refractivity contribution in [2.24, 2.45) is 0 Å². The average Bonchev–Trinajstić information content (AvgIpc) is 3.00. The van der Waals surface area contributed by atoms with Crippen LogP contribution >= 0.6 is 0 Å². The minimum absolute atomic E-state index is 0.109. The van der Waals surface area contributed by atoms with Crippen LogP contribution in [0.15, 0.2) is 54.6 Å². The number of methoxy groups -OCH3 is 6. The monoisotopic (exact) mass is 545 g/mol. The molecule has 0 saturated carbocycles. The second kappa shape index (κ2) is 12.5. The van der Waals surface area contributed by atoms with Gasteiger partial charge in [-0.1, -0.05) is 18.2 Å². The van der Waals surface area contributed by atoms with Crippen LogP contribution in [0.2, 0.25) is 0 Å². The number of rotatable bonds is 11. The van der Waals surface area contributed by atoms with Crippen molar-refractivity contribution in [2.45, 2.75) is 6.42 Å². The van der Waals surface area contributed by atoms with Crippen LogP contribution in [0.5, 0.6) is 34.5 Å². The number of hydrogen-bond acceptors (Lipinski definition) is 7. The standard InChI is InChI=1S/C32H35NO7/c1-33(30(34)13-9-20-8-12-25(35-2)26(16-20)36-3)15-14-22-18-29(39-6)32(40-7)31-23(22)11-10-21-17-27(37-4)28(38-5)19-24(21)31/h8-13,16-19H,14-15H2,1-7H3. The number of nitrogens with zero attached hydrogens (tertiary/aromatic N) is 1. The van der Waals surface area contributed by atoms with Gasteiger partial charge in [0.1, 0.15) is 0 Å². The molecule has 0 N–H and O–H groups in total. The molecule has 4 aromatic rings. The largest absolute Gasteiger partial charge is 0.493 e. The topological polar surface area (TPSA) is 75.7 Å². The lowest BCUT2D eigenvalue weighted by Gasteiger charge is -2.20. The van der Waals surface area contributed by atoms with Crippen LogP contribution in [0.4, 0.5) is 0 Å². The fourth-order valence-corrected chi connectivity index (χ4v) is 4.80. The fraction of sp³-hybridized carbons (Fsp3) is 0.281. The highest BCUT2D eigenvalue weighted by atomic mass is 16.5. The number of fused-ring (bicyclic) bond motifs is 3. The Morgan fingerprint density at radius 1 is 0.700 bits per heavy atom. The second-order valence-electron chi connectivity index (χ2n) is 9.15. The highest BCUT2D eigenvalue weighted by Crippen LogP contribution is 2.44. The van der Waals surface area contributed by atoms with Crippen LogP contribution in [0.3, 0.4) is 0 Å². The minimum Gasteiger partial charge on any atom is -0.493 e. The van der Waals surface area contributed by atoms with Gasteiger partial charge < -0.3 is 33.3 Å². The molecule has 8 heteroatoms. The normalized spacial score (nSPS) is 11.1. The molecule has 4 aromatic carbocycles. The lowest BCUT2D eigenvalue weighted by atomic mass is 9.95. The van der Waals surface area contributed by atoms with E-state index in [1.807, 2.05) is 36.4 Å². The smallest absolute Gasteiger partial charge is 0.246 e. The molecule has 0 radical (unpaired) electrons. The van der Waals surface area contributed by atoms with E-state index in [9.17, 15) is 4.79 Å². The van der Waals surface area contributed by atoms with Crippen molar-refractivity contribution >= 4 is 33.5 Å². The summed E-state index contributed by atoms with van der Waals surface area (Å²) in [5, 5.41) is 3.86. The lowest BCUT2D eigenvalue weighted by Crippen LogP contribution is -2.27. The maximum absolute atomic E-state index is 12.9. The Morgan fingerprint density at radius 3 is 2.00 bits per heavy atom. The molecule has 8 nitrogen and oxygen atoms in total. The van der Waals surface area contributed by atoms with Crippen molar-refractivity contribution in [3.63, 3.8) is 0 Å². The highest BCUT2D eigenvalue weighted by Gasteiger charge is 2.19. The molecule has 0 aliphatic heterocycles. The summed E-state index contributed by atoms with van der Waals surface area (Å²) in [7, 11) is 11.4. The lowest BCUT2D eigenvalue weighted by molar-refractivity contribution is -0.124. The van der Waals surface area contributed by atoms with Crippen molar-refractivity contribution in [3.05, 3.63) is 65.7 Å². The Morgan fingerprint density at radius 2 is 1.35 bits per heavy atom. The number of benzene rings is 4. The maximum atomic E-state index is 12.9. The summed E-state index contributed by atoms with van der Waals surface area (Å²) in [5.41, 5.74) is 1.87. The van der Waals surface area contributed by atoms with Gasteiger partial charge in [-0.2, -0.15) is 0 Å². The van der Waals surface area contributed by atoms with Crippen molar-refractivity contribution in [1.29, 1.82) is 0 Å². The van der Waals surface area contributed by atoms with E-state index in [0.29, 0.717) is 47.5 Å². The van der Waals surface area contributed by atoms with Gasteiger partial charge in [0.15, 0.2) is 34.5 Å². The van der Waals surface area contributed by atoms with E-state index in [1.54, 1.807) is 66.8 Å². The molecular formula is C32H35NO7. The Balaban J connectivity index is 1.64. The van der Waals surface area contributed by atoms with Crippen LogP contribution in [0.25, 0.3) is 27.6 Å². The van der Waals surface area contributed by atoms with Crippen molar-refractivity contribution in [1.82, 2.24) is 4.90 Å². The summed E-state index contributed by atoms with van der Waals surface area (Å²) in [6.45, 7) is 0.504. The minimum atomic E-state index is -0.109. The van der Waals surface area contributed by atoms with Gasteiger partial charge in [-0.05, 0) is 70.1 Å². The summed E-state index contributed by atoms with van der Waals surface area (Å²) in [6.07, 6.45) is 3.93. The molecule has 0 saturated heterocycles. The fourth-order valence-electron chi connectivity index (χ4n) is 4.80. The molecule has 0 unspecified atom stereocenters. The van der Waals surface area contributed by atoms with Gasteiger partial charge in [-0.25, -0.2) is 0 Å². The average molecular weight is 546 g/mol. The molecule has 0 heterocycles. The zero-order valence-corrected chi connectivity index (χ0v) is 24.0. The van der Waals surface area contributed by atoms with Gasteiger partial charge in [0.2, 0.25) is 5.91 Å². The summed E-state index contributed by atoms with van der Waals surface area (Å²) < 4.78 is 33.3. The van der Waals surface area contributed by atoms with Gasteiger partial charge in [-0.3, -0.25) is 4.79 Å². The predicted molar refractivity (Wildman–Crippen MR) is 158 cm³/mol. The van der Waals surface area contributed by atoms with E-state index >= 15 is 0 Å². The first-order valence-electron chi connectivity index (χ1n) is 12.8. The van der Waals surface area contributed by atoms with Crippen LogP contribution in [-0.2, 0) is 11.2 Å². The Hall–Kier alpha value is -4.59.